The highest BCUT2D eigenvalue weighted by Crippen LogP contribution is 2.35. The smallest absolute Gasteiger partial charge is 0.354 e. The number of carboxylic acids is 1. The van der Waals surface area contributed by atoms with Gasteiger partial charge in [-0.05, 0) is 60.2 Å². The summed E-state index contributed by atoms with van der Waals surface area (Å²) in [5, 5.41) is 16.2. The van der Waals surface area contributed by atoms with Gasteiger partial charge in [-0.1, -0.05) is 32.2 Å². The predicted molar refractivity (Wildman–Crippen MR) is 175 cm³/mol. The number of amides is 2. The van der Waals surface area contributed by atoms with E-state index in [0.29, 0.717) is 24.9 Å². The first-order valence-corrected chi connectivity index (χ1v) is 14.0. The Morgan fingerprint density at radius 1 is 1.23 bits per heavy atom. The number of ether oxygens (including phenoxy) is 2. The average molecular weight is 666 g/mol. The number of esters is 1. The molecule has 0 bridgehead atoms. The Morgan fingerprint density at radius 2 is 2.00 bits per heavy atom. The van der Waals surface area contributed by atoms with Crippen LogP contribution < -0.4 is 20.7 Å². The zero-order valence-corrected chi connectivity index (χ0v) is 25.9. The summed E-state index contributed by atoms with van der Waals surface area (Å²) in [7, 11) is 1.74. The van der Waals surface area contributed by atoms with Gasteiger partial charge in [0.15, 0.2) is 12.3 Å². The Hall–Kier alpha value is -5.34. The lowest BCUT2D eigenvalue weighted by Gasteiger charge is -2.26. The van der Waals surface area contributed by atoms with Crippen molar-refractivity contribution in [2.45, 2.75) is 39.8 Å². The van der Waals surface area contributed by atoms with Crippen LogP contribution in [0.15, 0.2) is 55.4 Å². The summed E-state index contributed by atoms with van der Waals surface area (Å²) in [6, 6.07) is 10.0. The number of anilines is 1. The minimum atomic E-state index is -1.27. The molecule has 2 aromatic heterocycles. The summed E-state index contributed by atoms with van der Waals surface area (Å²) in [5.41, 5.74) is 10.2. The van der Waals surface area contributed by atoms with Crippen LogP contribution in [0.25, 0.3) is 5.78 Å². The summed E-state index contributed by atoms with van der Waals surface area (Å²) in [5.74, 6) is -1.45. The first-order valence-electron chi connectivity index (χ1n) is 14.0. The molecule has 3 heterocycles. The zero-order valence-electron chi connectivity index (χ0n) is 25.1. The molecule has 1 aliphatic heterocycles. The van der Waals surface area contributed by atoms with E-state index in [1.807, 2.05) is 31.2 Å². The number of nitrogens with zero attached hydrogens (tertiary/aromatic N) is 5. The van der Waals surface area contributed by atoms with Gasteiger partial charge in [-0.25, -0.2) is 14.6 Å². The quantitative estimate of drug-likeness (QED) is 0.193. The fourth-order valence-electron chi connectivity index (χ4n) is 5.22. The Bertz CT molecular complexity index is 1840. The SMILES string of the molecule is C.C=CCOC(=O)c1ccc2c(c1C)CC[C@@H]2NC(=O)c1cc(C(=O)O)nc2ncnn12.CN1C(=O)COc2ccc(CN)cc21.Cl. The minimum absolute atomic E-state index is 0. The zero-order chi connectivity index (χ0) is 32.2. The number of aromatic carboxylic acids is 1. The van der Waals surface area contributed by atoms with E-state index in [9.17, 15) is 24.3 Å². The van der Waals surface area contributed by atoms with Crippen molar-refractivity contribution in [2.24, 2.45) is 5.73 Å². The number of hydrogen-bond donors (Lipinski definition) is 3. The molecule has 0 unspecified atom stereocenters. The van der Waals surface area contributed by atoms with Crippen LogP contribution in [0, 0.1) is 6.92 Å². The summed E-state index contributed by atoms with van der Waals surface area (Å²) >= 11 is 0. The van der Waals surface area contributed by atoms with Crippen molar-refractivity contribution in [3.63, 3.8) is 0 Å². The van der Waals surface area contributed by atoms with Crippen LogP contribution in [0.1, 0.15) is 73.5 Å². The summed E-state index contributed by atoms with van der Waals surface area (Å²) in [4.78, 5) is 57.2. The molecule has 2 aliphatic rings. The molecule has 0 fully saturated rings. The van der Waals surface area contributed by atoms with Gasteiger partial charge < -0.3 is 30.5 Å². The fourth-order valence-corrected chi connectivity index (χ4v) is 5.22. The van der Waals surface area contributed by atoms with E-state index in [4.69, 9.17) is 15.2 Å². The number of nitrogens with two attached hydrogens (primary N) is 1. The van der Waals surface area contributed by atoms with Crippen molar-refractivity contribution in [1.29, 1.82) is 0 Å². The Labute approximate surface area is 277 Å². The molecule has 2 amide bonds. The summed E-state index contributed by atoms with van der Waals surface area (Å²) in [6.07, 6.45) is 4.04. The molecule has 1 atom stereocenters. The van der Waals surface area contributed by atoms with Crippen molar-refractivity contribution >= 4 is 47.6 Å². The van der Waals surface area contributed by atoms with Crippen molar-refractivity contribution < 1.29 is 33.8 Å². The molecule has 2 aromatic carbocycles. The van der Waals surface area contributed by atoms with Crippen molar-refractivity contribution in [1.82, 2.24) is 24.9 Å². The maximum atomic E-state index is 13.0. The Balaban J connectivity index is 0.000000316. The van der Waals surface area contributed by atoms with Crippen LogP contribution in [0.2, 0.25) is 0 Å². The highest BCUT2D eigenvalue weighted by molar-refractivity contribution is 5.98. The summed E-state index contributed by atoms with van der Waals surface area (Å²) < 4.78 is 11.6. The van der Waals surface area contributed by atoms with Gasteiger partial charge in [-0.2, -0.15) is 14.6 Å². The molecule has 15 heteroatoms. The lowest BCUT2D eigenvalue weighted by molar-refractivity contribution is -0.121. The number of aromatic nitrogens is 4. The van der Waals surface area contributed by atoms with Crippen LogP contribution in [-0.2, 0) is 22.5 Å². The van der Waals surface area contributed by atoms with Crippen LogP contribution in [0.5, 0.6) is 5.75 Å². The maximum absolute atomic E-state index is 13.0. The number of nitrogens with one attached hydrogen (secondary N) is 1. The maximum Gasteiger partial charge on any atom is 0.354 e. The first-order chi connectivity index (χ1) is 21.6. The van der Waals surface area contributed by atoms with Gasteiger partial charge in [0.05, 0.1) is 17.3 Å². The second-order valence-corrected chi connectivity index (χ2v) is 10.3. The number of hydrogen-bond acceptors (Lipinski definition) is 10. The van der Waals surface area contributed by atoms with Gasteiger partial charge in [-0.3, -0.25) is 9.59 Å². The van der Waals surface area contributed by atoms with Gasteiger partial charge in [0.25, 0.3) is 17.6 Å². The number of fused-ring (bicyclic) bond motifs is 3. The van der Waals surface area contributed by atoms with Crippen LogP contribution in [-0.4, -0.2) is 68.7 Å². The Kier molecular flexibility index (Phi) is 11.8. The number of rotatable bonds is 7. The van der Waals surface area contributed by atoms with Gasteiger partial charge >= 0.3 is 11.9 Å². The van der Waals surface area contributed by atoms with Gasteiger partial charge in [-0.15, -0.1) is 12.4 Å². The van der Waals surface area contributed by atoms with E-state index in [1.165, 1.54) is 23.0 Å². The highest BCUT2D eigenvalue weighted by atomic mass is 35.5. The highest BCUT2D eigenvalue weighted by Gasteiger charge is 2.29. The van der Waals surface area contributed by atoms with Crippen LogP contribution in [0.3, 0.4) is 0 Å². The van der Waals surface area contributed by atoms with Gasteiger partial charge in [0.1, 0.15) is 24.4 Å². The molecule has 6 rings (SSSR count). The van der Waals surface area contributed by atoms with E-state index in [-0.39, 0.29) is 62.2 Å². The molecule has 0 saturated heterocycles. The van der Waals surface area contributed by atoms with Crippen molar-refractivity contribution in [3.05, 3.63) is 94.6 Å². The number of carboxylic acid groups (broad SMARTS) is 1. The molecule has 248 valence electrons. The second kappa shape index (κ2) is 15.3. The number of likely N-dealkylation sites (N-methyl/N-ethyl adjacent to an activating group) is 1. The van der Waals surface area contributed by atoms with Gasteiger partial charge in [0, 0.05) is 19.7 Å². The topological polar surface area (TPSA) is 191 Å². The van der Waals surface area contributed by atoms with Crippen LogP contribution in [0.4, 0.5) is 5.69 Å². The number of halogens is 1. The normalized spacial score (nSPS) is 14.2. The van der Waals surface area contributed by atoms with E-state index < -0.39 is 17.8 Å². The predicted octanol–water partition coefficient (Wildman–Crippen LogP) is 3.45. The molecule has 0 spiro atoms. The monoisotopic (exact) mass is 665 g/mol. The summed E-state index contributed by atoms with van der Waals surface area (Å²) in [6.45, 7) is 6.11. The van der Waals surface area contributed by atoms with E-state index in [0.717, 1.165) is 33.7 Å². The van der Waals surface area contributed by atoms with E-state index in [1.54, 1.807) is 18.0 Å². The average Bonchev–Trinajstić information content (AvgIpc) is 3.69. The molecule has 4 N–H and O–H groups in total. The Morgan fingerprint density at radius 3 is 2.70 bits per heavy atom. The van der Waals surface area contributed by atoms with Crippen molar-refractivity contribution in [2.75, 3.05) is 25.2 Å². The first kappa shape index (κ1) is 36.1. The number of benzene rings is 2. The van der Waals surface area contributed by atoms with Crippen molar-refractivity contribution in [3.8, 4) is 5.75 Å². The second-order valence-electron chi connectivity index (χ2n) is 10.3. The lowest BCUT2D eigenvalue weighted by Crippen LogP contribution is -2.35. The number of carbonyl (C=O) groups is 4. The largest absolute Gasteiger partial charge is 0.482 e. The number of carbonyl (C=O) groups excluding carboxylic acids is 3. The third-order valence-corrected chi connectivity index (χ3v) is 7.60. The lowest BCUT2D eigenvalue weighted by atomic mass is 9.98. The third-order valence-electron chi connectivity index (χ3n) is 7.60. The van der Waals surface area contributed by atoms with E-state index in [2.05, 4.69) is 27.0 Å². The molecule has 47 heavy (non-hydrogen) atoms. The fraction of sp³-hybridized carbons (Fsp3) is 0.281. The third kappa shape index (κ3) is 7.39. The molecule has 14 nitrogen and oxygen atoms in total. The molecular weight excluding hydrogens is 630 g/mol. The van der Waals surface area contributed by atoms with Gasteiger partial charge in [0.2, 0.25) is 0 Å². The molecule has 4 aromatic rings. The molecule has 0 radical (unpaired) electrons. The molecule has 0 saturated carbocycles. The molecular formula is C32H36ClN7O7. The standard InChI is InChI=1S/C21H19N5O5.C10H12N2O2.CH4.ClH/c1-3-8-31-20(30)13-4-5-14-12(11(13)2)6-7-15(14)24-18(27)17-9-16(19(28)29)25-21-22-10-23-26(17)21;1-12-8-4-7(5-11)2-3-9(8)14-6-10(12)13;;/h3-5,9-10,15H,1,6-8H2,2H3,(H,24,27)(H,28,29);2-4H,5-6,11H2,1H3;1H4;1H/t15-;;;/m0.../s1. The molecule has 1 aliphatic carbocycles. The minimum Gasteiger partial charge on any atom is -0.482 e. The van der Waals surface area contributed by atoms with E-state index >= 15 is 0 Å². The van der Waals surface area contributed by atoms with Crippen LogP contribution >= 0.6 is 12.4 Å².